The van der Waals surface area contributed by atoms with Crippen molar-refractivity contribution in [2.75, 3.05) is 20.7 Å². The van der Waals surface area contributed by atoms with E-state index in [1.165, 1.54) is 5.56 Å². The van der Waals surface area contributed by atoms with Crippen molar-refractivity contribution in [3.05, 3.63) is 29.8 Å². The van der Waals surface area contributed by atoms with Gasteiger partial charge in [-0.25, -0.2) is 0 Å². The molecule has 0 saturated carbocycles. The molecule has 0 fully saturated rings. The average molecular weight is 250 g/mol. The Morgan fingerprint density at radius 2 is 1.83 bits per heavy atom. The van der Waals surface area contributed by atoms with Crippen molar-refractivity contribution in [2.24, 2.45) is 5.73 Å². The van der Waals surface area contributed by atoms with E-state index in [0.717, 1.165) is 12.2 Å². The summed E-state index contributed by atoms with van der Waals surface area (Å²) < 4.78 is 5.18. The van der Waals surface area contributed by atoms with E-state index in [1.807, 2.05) is 12.1 Å². The minimum absolute atomic E-state index is 0.0112. The van der Waals surface area contributed by atoms with Crippen LogP contribution in [0, 0.1) is 0 Å². The maximum absolute atomic E-state index is 5.98. The Kier molecular flexibility index (Phi) is 5.17. The van der Waals surface area contributed by atoms with Gasteiger partial charge in [0.25, 0.3) is 0 Å². The van der Waals surface area contributed by atoms with Crippen LogP contribution in [-0.4, -0.2) is 37.2 Å². The molecule has 1 atom stereocenters. The first kappa shape index (κ1) is 15.0. The van der Waals surface area contributed by atoms with Gasteiger partial charge >= 0.3 is 0 Å². The van der Waals surface area contributed by atoms with Crippen molar-refractivity contribution < 1.29 is 4.74 Å². The fourth-order valence-electron chi connectivity index (χ4n) is 2.15. The van der Waals surface area contributed by atoms with Crippen molar-refractivity contribution in [1.82, 2.24) is 4.90 Å². The molecule has 0 aliphatic carbocycles. The van der Waals surface area contributed by atoms with Crippen molar-refractivity contribution >= 4 is 0 Å². The molecule has 0 heterocycles. The fraction of sp³-hybridized carbons (Fsp3) is 0.600. The first-order valence-corrected chi connectivity index (χ1v) is 6.49. The van der Waals surface area contributed by atoms with E-state index < -0.39 is 0 Å². The van der Waals surface area contributed by atoms with Gasteiger partial charge in [0, 0.05) is 18.1 Å². The van der Waals surface area contributed by atoms with Gasteiger partial charge in [-0.05, 0) is 51.9 Å². The van der Waals surface area contributed by atoms with Crippen molar-refractivity contribution in [1.29, 1.82) is 0 Å². The van der Waals surface area contributed by atoms with Crippen LogP contribution in [0.3, 0.4) is 0 Å². The maximum atomic E-state index is 5.98. The summed E-state index contributed by atoms with van der Waals surface area (Å²) in [5.41, 5.74) is 7.26. The number of benzene rings is 1. The molecule has 0 saturated heterocycles. The van der Waals surface area contributed by atoms with Gasteiger partial charge in [-0.3, -0.25) is 4.90 Å². The first-order valence-electron chi connectivity index (χ1n) is 6.49. The Balaban J connectivity index is 2.84. The highest BCUT2D eigenvalue weighted by Gasteiger charge is 2.29. The summed E-state index contributed by atoms with van der Waals surface area (Å²) >= 11 is 0. The largest absolute Gasteiger partial charge is 0.497 e. The van der Waals surface area contributed by atoms with Crippen LogP contribution in [0.25, 0.3) is 0 Å². The molecule has 2 N–H and O–H groups in total. The number of methoxy groups -OCH3 is 1. The minimum atomic E-state index is -0.0112. The zero-order valence-electron chi connectivity index (χ0n) is 12.2. The van der Waals surface area contributed by atoms with Crippen LogP contribution in [0.1, 0.15) is 26.3 Å². The van der Waals surface area contributed by atoms with E-state index in [9.17, 15) is 0 Å². The average Bonchev–Trinajstić information content (AvgIpc) is 2.38. The third-order valence-corrected chi connectivity index (χ3v) is 3.81. The van der Waals surface area contributed by atoms with Crippen LogP contribution >= 0.6 is 0 Å². The zero-order chi connectivity index (χ0) is 13.8. The molecule has 0 spiro atoms. The third-order valence-electron chi connectivity index (χ3n) is 3.81. The monoisotopic (exact) mass is 250 g/mol. The Morgan fingerprint density at radius 3 is 2.22 bits per heavy atom. The summed E-state index contributed by atoms with van der Waals surface area (Å²) in [6.07, 6.45) is 0.947. The van der Waals surface area contributed by atoms with Crippen LogP contribution in [0.15, 0.2) is 24.3 Å². The standard InChI is InChI=1S/C15H26N2O/c1-12(2)17(4)15(3,11-16)10-13-6-8-14(18-5)9-7-13/h6-9,12H,10-11,16H2,1-5H3. The second-order valence-corrected chi connectivity index (χ2v) is 5.43. The minimum Gasteiger partial charge on any atom is -0.497 e. The maximum Gasteiger partial charge on any atom is 0.118 e. The predicted molar refractivity (Wildman–Crippen MR) is 77.1 cm³/mol. The molecule has 0 bridgehead atoms. The van der Waals surface area contributed by atoms with Gasteiger partial charge in [-0.2, -0.15) is 0 Å². The lowest BCUT2D eigenvalue weighted by Crippen LogP contribution is -2.53. The highest BCUT2D eigenvalue weighted by Crippen LogP contribution is 2.22. The van der Waals surface area contributed by atoms with Gasteiger partial charge in [0.2, 0.25) is 0 Å². The van der Waals surface area contributed by atoms with Crippen molar-refractivity contribution in [3.8, 4) is 5.75 Å². The third kappa shape index (κ3) is 3.47. The fourth-order valence-corrected chi connectivity index (χ4v) is 2.15. The smallest absolute Gasteiger partial charge is 0.118 e. The number of hydrogen-bond acceptors (Lipinski definition) is 3. The summed E-state index contributed by atoms with van der Waals surface area (Å²) in [6.45, 7) is 7.26. The number of ether oxygens (including phenoxy) is 1. The van der Waals surface area contributed by atoms with Crippen molar-refractivity contribution in [2.45, 2.75) is 38.8 Å². The summed E-state index contributed by atoms with van der Waals surface area (Å²) in [5.74, 6) is 0.894. The first-order chi connectivity index (χ1) is 8.42. The summed E-state index contributed by atoms with van der Waals surface area (Å²) in [5, 5.41) is 0. The summed E-state index contributed by atoms with van der Waals surface area (Å²) in [6, 6.07) is 8.71. The molecular weight excluding hydrogens is 224 g/mol. The Bertz CT molecular complexity index is 361. The van der Waals surface area contributed by atoms with E-state index in [1.54, 1.807) is 7.11 Å². The molecule has 3 heteroatoms. The van der Waals surface area contributed by atoms with Gasteiger partial charge in [-0.15, -0.1) is 0 Å². The second kappa shape index (κ2) is 6.21. The van der Waals surface area contributed by atoms with E-state index in [-0.39, 0.29) is 5.54 Å². The molecular formula is C15H26N2O. The summed E-state index contributed by atoms with van der Waals surface area (Å²) in [4.78, 5) is 2.34. The Labute approximate surface area is 111 Å². The molecule has 0 aliphatic heterocycles. The number of hydrogen-bond donors (Lipinski definition) is 1. The second-order valence-electron chi connectivity index (χ2n) is 5.43. The summed E-state index contributed by atoms with van der Waals surface area (Å²) in [7, 11) is 3.83. The van der Waals surface area contributed by atoms with E-state index >= 15 is 0 Å². The highest BCUT2D eigenvalue weighted by atomic mass is 16.5. The number of nitrogens with zero attached hydrogens (tertiary/aromatic N) is 1. The van der Waals surface area contributed by atoms with Crippen LogP contribution in [0.2, 0.25) is 0 Å². The SMILES string of the molecule is COc1ccc(CC(C)(CN)N(C)C(C)C)cc1. The molecule has 3 nitrogen and oxygen atoms in total. The molecule has 1 aromatic carbocycles. The molecule has 18 heavy (non-hydrogen) atoms. The van der Waals surface area contributed by atoms with Crippen LogP contribution in [0.5, 0.6) is 5.75 Å². The van der Waals surface area contributed by atoms with Gasteiger partial charge in [0.15, 0.2) is 0 Å². The van der Waals surface area contributed by atoms with Gasteiger partial charge in [0.1, 0.15) is 5.75 Å². The lowest BCUT2D eigenvalue weighted by Gasteiger charge is -2.41. The number of rotatable bonds is 6. The Morgan fingerprint density at radius 1 is 1.28 bits per heavy atom. The van der Waals surface area contributed by atoms with Gasteiger partial charge in [-0.1, -0.05) is 12.1 Å². The lowest BCUT2D eigenvalue weighted by molar-refractivity contribution is 0.109. The van der Waals surface area contributed by atoms with Gasteiger partial charge < -0.3 is 10.5 Å². The molecule has 0 aliphatic rings. The van der Waals surface area contributed by atoms with E-state index in [4.69, 9.17) is 10.5 Å². The zero-order valence-corrected chi connectivity index (χ0v) is 12.2. The Hall–Kier alpha value is -1.06. The molecule has 0 aromatic heterocycles. The molecule has 1 aromatic rings. The molecule has 0 radical (unpaired) electrons. The van der Waals surface area contributed by atoms with Crippen LogP contribution in [0.4, 0.5) is 0 Å². The van der Waals surface area contributed by atoms with Crippen LogP contribution < -0.4 is 10.5 Å². The molecule has 1 unspecified atom stereocenters. The predicted octanol–water partition coefficient (Wildman–Crippen LogP) is 2.30. The quantitative estimate of drug-likeness (QED) is 0.842. The van der Waals surface area contributed by atoms with Crippen LogP contribution in [-0.2, 0) is 6.42 Å². The molecule has 1 rings (SSSR count). The van der Waals surface area contributed by atoms with E-state index in [0.29, 0.717) is 12.6 Å². The van der Waals surface area contributed by atoms with E-state index in [2.05, 4.69) is 44.9 Å². The normalized spacial score (nSPS) is 14.9. The number of likely N-dealkylation sites (N-methyl/N-ethyl adjacent to an activating group) is 1. The lowest BCUT2D eigenvalue weighted by atomic mass is 9.90. The molecule has 102 valence electrons. The van der Waals surface area contributed by atoms with Gasteiger partial charge in [0.05, 0.1) is 7.11 Å². The highest BCUT2D eigenvalue weighted by molar-refractivity contribution is 5.28. The topological polar surface area (TPSA) is 38.5 Å². The number of nitrogens with two attached hydrogens (primary N) is 1. The molecule has 0 amide bonds. The van der Waals surface area contributed by atoms with Crippen molar-refractivity contribution in [3.63, 3.8) is 0 Å².